The van der Waals surface area contributed by atoms with Crippen LogP contribution in [0, 0.1) is 4.77 Å². The lowest BCUT2D eigenvalue weighted by atomic mass is 10.4. The van der Waals surface area contributed by atoms with Gasteiger partial charge in [-0.2, -0.15) is 5.10 Å². The van der Waals surface area contributed by atoms with Gasteiger partial charge in [0.2, 0.25) is 4.77 Å². The number of rotatable bonds is 5. The van der Waals surface area contributed by atoms with E-state index in [1.807, 2.05) is 10.8 Å². The van der Waals surface area contributed by atoms with Gasteiger partial charge in [-0.1, -0.05) is 0 Å². The lowest BCUT2D eigenvalue weighted by Gasteiger charge is -2.04. The number of aromatic amines is 1. The molecule has 84 valence electrons. The summed E-state index contributed by atoms with van der Waals surface area (Å²) in [5.74, 6) is 0.703. The molecule has 0 radical (unpaired) electrons. The van der Waals surface area contributed by atoms with Crippen molar-refractivity contribution in [1.29, 1.82) is 0 Å². The van der Waals surface area contributed by atoms with Gasteiger partial charge in [0.15, 0.2) is 0 Å². The van der Waals surface area contributed by atoms with Crippen molar-refractivity contribution in [3.05, 3.63) is 29.7 Å². The van der Waals surface area contributed by atoms with Gasteiger partial charge in [-0.3, -0.25) is 5.10 Å². The van der Waals surface area contributed by atoms with Crippen molar-refractivity contribution >= 4 is 18.0 Å². The van der Waals surface area contributed by atoms with Crippen molar-refractivity contribution in [1.82, 2.24) is 24.7 Å². The highest BCUT2D eigenvalue weighted by atomic mass is 32.1. The molecule has 2 aromatic heterocycles. The molecule has 0 spiro atoms. The van der Waals surface area contributed by atoms with Gasteiger partial charge in [0.1, 0.15) is 5.82 Å². The van der Waals surface area contributed by atoms with E-state index in [-0.39, 0.29) is 0 Å². The first-order valence-corrected chi connectivity index (χ1v) is 5.37. The average molecular weight is 236 g/mol. The zero-order valence-electron chi connectivity index (χ0n) is 8.63. The third kappa shape index (κ3) is 3.13. The molecule has 0 saturated heterocycles. The number of hydrogen-bond acceptors (Lipinski definition) is 5. The van der Waals surface area contributed by atoms with E-state index in [1.165, 1.54) is 0 Å². The first-order chi connectivity index (χ1) is 7.84. The van der Waals surface area contributed by atoms with Crippen molar-refractivity contribution in [2.24, 2.45) is 0 Å². The molecule has 0 fully saturated rings. The van der Waals surface area contributed by atoms with Crippen molar-refractivity contribution < 1.29 is 0 Å². The zero-order chi connectivity index (χ0) is 11.2. The molecular weight excluding hydrogens is 224 g/mol. The Morgan fingerprint density at radius 3 is 3.19 bits per heavy atom. The second kappa shape index (κ2) is 5.36. The van der Waals surface area contributed by atoms with Gasteiger partial charge in [-0.15, -0.1) is 0 Å². The Morgan fingerprint density at radius 2 is 2.44 bits per heavy atom. The van der Waals surface area contributed by atoms with E-state index < -0.39 is 0 Å². The summed E-state index contributed by atoms with van der Waals surface area (Å²) in [7, 11) is 0. The standard InChI is InChI=1S/C9H12N6S/c16-9-13-8(6-12-14-9)11-2-1-4-15-5-3-10-7-15/h3,5-7H,1-2,4H2,(H2,11,13,14,16). The maximum Gasteiger partial charge on any atom is 0.215 e. The third-order valence-electron chi connectivity index (χ3n) is 2.03. The van der Waals surface area contributed by atoms with E-state index in [1.54, 1.807) is 18.7 Å². The van der Waals surface area contributed by atoms with E-state index in [2.05, 4.69) is 25.5 Å². The smallest absolute Gasteiger partial charge is 0.215 e. The van der Waals surface area contributed by atoms with Crippen LogP contribution in [0.5, 0.6) is 0 Å². The predicted molar refractivity (Wildman–Crippen MR) is 62.6 cm³/mol. The van der Waals surface area contributed by atoms with Gasteiger partial charge >= 0.3 is 0 Å². The van der Waals surface area contributed by atoms with Gasteiger partial charge < -0.3 is 9.88 Å². The molecule has 0 amide bonds. The highest BCUT2D eigenvalue weighted by molar-refractivity contribution is 7.71. The van der Waals surface area contributed by atoms with Gasteiger partial charge in [-0.05, 0) is 18.6 Å². The van der Waals surface area contributed by atoms with Crippen LogP contribution in [-0.4, -0.2) is 31.3 Å². The van der Waals surface area contributed by atoms with Crippen LogP contribution in [0.1, 0.15) is 6.42 Å². The third-order valence-corrected chi connectivity index (χ3v) is 2.21. The van der Waals surface area contributed by atoms with Crippen LogP contribution >= 0.6 is 12.2 Å². The Labute approximate surface area is 97.8 Å². The summed E-state index contributed by atoms with van der Waals surface area (Å²) in [4.78, 5) is 8.05. The summed E-state index contributed by atoms with van der Waals surface area (Å²) in [6, 6.07) is 0. The van der Waals surface area contributed by atoms with E-state index in [4.69, 9.17) is 12.2 Å². The first kappa shape index (κ1) is 10.7. The van der Waals surface area contributed by atoms with E-state index in [0.717, 1.165) is 19.5 Å². The average Bonchev–Trinajstić information content (AvgIpc) is 2.77. The second-order valence-corrected chi connectivity index (χ2v) is 3.64. The van der Waals surface area contributed by atoms with Crippen LogP contribution in [0.15, 0.2) is 24.9 Å². The van der Waals surface area contributed by atoms with Crippen molar-refractivity contribution in [3.63, 3.8) is 0 Å². The molecule has 0 aliphatic carbocycles. The number of nitrogens with zero attached hydrogens (tertiary/aromatic N) is 4. The summed E-state index contributed by atoms with van der Waals surface area (Å²) < 4.78 is 2.42. The number of H-pyrrole nitrogens is 1. The molecule has 2 rings (SSSR count). The molecule has 0 aromatic carbocycles. The molecule has 2 heterocycles. The Bertz CT molecular complexity index is 477. The molecule has 2 N–H and O–H groups in total. The Morgan fingerprint density at radius 1 is 1.50 bits per heavy atom. The summed E-state index contributed by atoms with van der Waals surface area (Å²) in [6.07, 6.45) is 8.13. The summed E-state index contributed by atoms with van der Waals surface area (Å²) >= 11 is 4.86. The number of imidazole rings is 1. The zero-order valence-corrected chi connectivity index (χ0v) is 9.44. The molecule has 2 aromatic rings. The number of anilines is 1. The van der Waals surface area contributed by atoms with Crippen molar-refractivity contribution in [2.75, 3.05) is 11.9 Å². The molecule has 0 aliphatic heterocycles. The van der Waals surface area contributed by atoms with Gasteiger partial charge in [-0.25, -0.2) is 9.97 Å². The molecule has 0 unspecified atom stereocenters. The quantitative estimate of drug-likeness (QED) is 0.603. The Balaban J connectivity index is 1.74. The van der Waals surface area contributed by atoms with Crippen LogP contribution in [-0.2, 0) is 6.54 Å². The summed E-state index contributed by atoms with van der Waals surface area (Å²) in [5, 5.41) is 9.58. The first-order valence-electron chi connectivity index (χ1n) is 4.96. The van der Waals surface area contributed by atoms with Gasteiger partial charge in [0, 0.05) is 25.5 Å². The van der Waals surface area contributed by atoms with Crippen LogP contribution < -0.4 is 5.32 Å². The fourth-order valence-electron chi connectivity index (χ4n) is 1.29. The molecular formula is C9H12N6S. The monoisotopic (exact) mass is 236 g/mol. The molecule has 7 heteroatoms. The maximum absolute atomic E-state index is 4.86. The summed E-state index contributed by atoms with van der Waals surface area (Å²) in [6.45, 7) is 1.76. The molecule has 0 bridgehead atoms. The maximum atomic E-state index is 4.86. The topological polar surface area (TPSA) is 71.4 Å². The SMILES string of the molecule is S=c1nc(NCCCn2ccnc2)cn[nH]1. The number of aryl methyl sites for hydroxylation is 1. The number of hydrogen-bond donors (Lipinski definition) is 2. The molecule has 0 atom stereocenters. The minimum absolute atomic E-state index is 0.389. The number of nitrogens with one attached hydrogen (secondary N) is 2. The minimum Gasteiger partial charge on any atom is -0.369 e. The van der Waals surface area contributed by atoms with Gasteiger partial charge in [0.25, 0.3) is 0 Å². The Kier molecular flexibility index (Phi) is 3.60. The molecule has 6 nitrogen and oxygen atoms in total. The van der Waals surface area contributed by atoms with E-state index in [0.29, 0.717) is 10.6 Å². The lowest BCUT2D eigenvalue weighted by Crippen LogP contribution is -2.07. The fourth-order valence-corrected chi connectivity index (χ4v) is 1.45. The minimum atomic E-state index is 0.389. The van der Waals surface area contributed by atoms with Crippen LogP contribution in [0.2, 0.25) is 0 Å². The molecule has 0 aliphatic rings. The fraction of sp³-hybridized carbons (Fsp3) is 0.333. The lowest BCUT2D eigenvalue weighted by molar-refractivity contribution is 0.659. The van der Waals surface area contributed by atoms with Crippen LogP contribution in [0.3, 0.4) is 0 Å². The van der Waals surface area contributed by atoms with Crippen LogP contribution in [0.4, 0.5) is 5.82 Å². The van der Waals surface area contributed by atoms with Gasteiger partial charge in [0.05, 0.1) is 12.5 Å². The number of aromatic nitrogens is 5. The highest BCUT2D eigenvalue weighted by Gasteiger charge is 1.94. The van der Waals surface area contributed by atoms with Crippen molar-refractivity contribution in [3.8, 4) is 0 Å². The predicted octanol–water partition coefficient (Wildman–Crippen LogP) is 1.23. The van der Waals surface area contributed by atoms with E-state index in [9.17, 15) is 0 Å². The van der Waals surface area contributed by atoms with E-state index >= 15 is 0 Å². The normalized spacial score (nSPS) is 10.2. The van der Waals surface area contributed by atoms with Crippen LogP contribution in [0.25, 0.3) is 0 Å². The Hall–Kier alpha value is -1.76. The molecule has 0 saturated carbocycles. The molecule has 16 heavy (non-hydrogen) atoms. The largest absolute Gasteiger partial charge is 0.369 e. The van der Waals surface area contributed by atoms with Crippen molar-refractivity contribution in [2.45, 2.75) is 13.0 Å². The summed E-state index contributed by atoms with van der Waals surface area (Å²) in [5.41, 5.74) is 0. The highest BCUT2D eigenvalue weighted by Crippen LogP contribution is 1.98. The second-order valence-electron chi connectivity index (χ2n) is 3.25.